The van der Waals surface area contributed by atoms with E-state index >= 15 is 0 Å². The third kappa shape index (κ3) is 4.29. The van der Waals surface area contributed by atoms with Crippen molar-refractivity contribution in [3.05, 3.63) is 0 Å². The van der Waals surface area contributed by atoms with Crippen LogP contribution < -0.4 is 11.1 Å². The normalized spacial score (nSPS) is 15.3. The van der Waals surface area contributed by atoms with Crippen molar-refractivity contribution in [3.8, 4) is 0 Å². The van der Waals surface area contributed by atoms with E-state index in [1.165, 1.54) is 7.11 Å². The summed E-state index contributed by atoms with van der Waals surface area (Å²) in [5, 5.41) is 2.50. The van der Waals surface area contributed by atoms with Crippen LogP contribution in [0.4, 0.5) is 0 Å². The van der Waals surface area contributed by atoms with Crippen LogP contribution in [-0.4, -0.2) is 31.1 Å². The lowest BCUT2D eigenvalue weighted by Crippen LogP contribution is -2.52. The first-order chi connectivity index (χ1) is 6.70. The second kappa shape index (κ2) is 5.11. The number of methoxy groups -OCH3 is 1. The number of rotatable bonds is 3. The van der Waals surface area contributed by atoms with Crippen LogP contribution in [0.5, 0.6) is 0 Å². The largest absolute Gasteiger partial charge is 0.467 e. The molecule has 0 bridgehead atoms. The molecule has 3 N–H and O–H groups in total. The van der Waals surface area contributed by atoms with Gasteiger partial charge in [0.25, 0.3) is 0 Å². The fourth-order valence-corrected chi connectivity index (χ4v) is 0.932. The minimum atomic E-state index is -0.670. The lowest BCUT2D eigenvalue weighted by atomic mass is 9.87. The summed E-state index contributed by atoms with van der Waals surface area (Å²) in [4.78, 5) is 22.6. The summed E-state index contributed by atoms with van der Waals surface area (Å²) in [6, 6.07) is -1.32. The topological polar surface area (TPSA) is 81.4 Å². The molecule has 5 heteroatoms. The maximum atomic E-state index is 11.6. The van der Waals surface area contributed by atoms with Crippen LogP contribution in [0.2, 0.25) is 0 Å². The SMILES string of the molecule is COC(=O)[C@H](C)NC(=O)[C@H](N)C(C)(C)C. The van der Waals surface area contributed by atoms with E-state index in [1.54, 1.807) is 6.92 Å². The Morgan fingerprint density at radius 2 is 1.80 bits per heavy atom. The predicted molar refractivity (Wildman–Crippen MR) is 57.1 cm³/mol. The van der Waals surface area contributed by atoms with Gasteiger partial charge in [-0.15, -0.1) is 0 Å². The first-order valence-corrected chi connectivity index (χ1v) is 4.84. The number of hydrogen-bond donors (Lipinski definition) is 2. The number of amides is 1. The summed E-state index contributed by atoms with van der Waals surface area (Å²) in [7, 11) is 1.27. The highest BCUT2D eigenvalue weighted by Gasteiger charge is 2.29. The quantitative estimate of drug-likeness (QED) is 0.652. The van der Waals surface area contributed by atoms with Crippen molar-refractivity contribution in [1.82, 2.24) is 5.32 Å². The van der Waals surface area contributed by atoms with E-state index in [-0.39, 0.29) is 11.3 Å². The summed E-state index contributed by atoms with van der Waals surface area (Å²) < 4.78 is 4.48. The van der Waals surface area contributed by atoms with Crippen molar-refractivity contribution in [1.29, 1.82) is 0 Å². The van der Waals surface area contributed by atoms with Gasteiger partial charge in [0, 0.05) is 0 Å². The minimum Gasteiger partial charge on any atom is -0.467 e. The van der Waals surface area contributed by atoms with Crippen LogP contribution in [0.3, 0.4) is 0 Å². The third-order valence-corrected chi connectivity index (χ3v) is 2.13. The van der Waals surface area contributed by atoms with Gasteiger partial charge in [-0.1, -0.05) is 20.8 Å². The zero-order chi connectivity index (χ0) is 12.2. The molecule has 0 aliphatic rings. The molecule has 0 aromatic carbocycles. The highest BCUT2D eigenvalue weighted by molar-refractivity contribution is 5.87. The van der Waals surface area contributed by atoms with E-state index in [9.17, 15) is 9.59 Å². The van der Waals surface area contributed by atoms with Crippen LogP contribution in [0.1, 0.15) is 27.7 Å². The molecule has 0 radical (unpaired) electrons. The minimum absolute atomic E-state index is 0.333. The number of carbonyl (C=O) groups is 2. The smallest absolute Gasteiger partial charge is 0.328 e. The first kappa shape index (κ1) is 13.9. The van der Waals surface area contributed by atoms with Crippen molar-refractivity contribution < 1.29 is 14.3 Å². The molecule has 0 heterocycles. The predicted octanol–water partition coefficient (Wildman–Crippen LogP) is 0.0375. The van der Waals surface area contributed by atoms with Gasteiger partial charge in [-0.3, -0.25) is 4.79 Å². The molecule has 0 saturated carbocycles. The van der Waals surface area contributed by atoms with Gasteiger partial charge in [0.15, 0.2) is 0 Å². The summed E-state index contributed by atoms with van der Waals surface area (Å²) in [5.41, 5.74) is 5.39. The van der Waals surface area contributed by atoms with Crippen LogP contribution in [0.15, 0.2) is 0 Å². The zero-order valence-corrected chi connectivity index (χ0v) is 9.96. The molecule has 1 amide bonds. The summed E-state index contributed by atoms with van der Waals surface area (Å²) in [6.07, 6.45) is 0. The first-order valence-electron chi connectivity index (χ1n) is 4.84. The molecular formula is C10H20N2O3. The third-order valence-electron chi connectivity index (χ3n) is 2.13. The highest BCUT2D eigenvalue weighted by atomic mass is 16.5. The number of hydrogen-bond acceptors (Lipinski definition) is 4. The Labute approximate surface area is 90.4 Å². The number of ether oxygens (including phenoxy) is 1. The molecule has 0 aromatic heterocycles. The van der Waals surface area contributed by atoms with E-state index in [0.29, 0.717) is 0 Å². The molecule has 0 rings (SSSR count). The van der Waals surface area contributed by atoms with E-state index in [1.807, 2.05) is 20.8 Å². The fraction of sp³-hybridized carbons (Fsp3) is 0.800. The van der Waals surface area contributed by atoms with Gasteiger partial charge < -0.3 is 15.8 Å². The Bertz CT molecular complexity index is 246. The number of nitrogens with one attached hydrogen (secondary N) is 1. The molecule has 2 atom stereocenters. The standard InChI is InChI=1S/C10H20N2O3/c1-6(9(14)15-5)12-8(13)7(11)10(2,3)4/h6-7H,11H2,1-5H3,(H,12,13)/t6-,7-/m0/s1. The van der Waals surface area contributed by atoms with Crippen LogP contribution in [0, 0.1) is 5.41 Å². The second-order valence-corrected chi connectivity index (χ2v) is 4.60. The van der Waals surface area contributed by atoms with Gasteiger partial charge >= 0.3 is 5.97 Å². The van der Waals surface area contributed by atoms with E-state index in [0.717, 1.165) is 0 Å². The monoisotopic (exact) mass is 216 g/mol. The van der Waals surface area contributed by atoms with Gasteiger partial charge in [-0.2, -0.15) is 0 Å². The van der Waals surface area contributed by atoms with Crippen LogP contribution in [0.25, 0.3) is 0 Å². The molecule has 0 aromatic rings. The molecule has 0 fully saturated rings. The lowest BCUT2D eigenvalue weighted by molar-refractivity contribution is -0.145. The molecule has 0 spiro atoms. The molecule has 0 aliphatic carbocycles. The Morgan fingerprint density at radius 3 is 2.13 bits per heavy atom. The number of carbonyl (C=O) groups excluding carboxylic acids is 2. The average Bonchev–Trinajstić information content (AvgIpc) is 2.13. The molecular weight excluding hydrogens is 196 g/mol. The van der Waals surface area contributed by atoms with E-state index in [2.05, 4.69) is 10.1 Å². The Hall–Kier alpha value is -1.10. The van der Waals surface area contributed by atoms with Gasteiger partial charge in [0.2, 0.25) is 5.91 Å². The Morgan fingerprint density at radius 1 is 1.33 bits per heavy atom. The molecule has 5 nitrogen and oxygen atoms in total. The van der Waals surface area contributed by atoms with Crippen LogP contribution >= 0.6 is 0 Å². The molecule has 0 saturated heterocycles. The van der Waals surface area contributed by atoms with Gasteiger partial charge in [-0.05, 0) is 12.3 Å². The van der Waals surface area contributed by atoms with Crippen molar-refractivity contribution in [2.24, 2.45) is 11.1 Å². The number of nitrogens with two attached hydrogens (primary N) is 1. The van der Waals surface area contributed by atoms with Crippen molar-refractivity contribution in [2.45, 2.75) is 39.8 Å². The summed E-state index contributed by atoms with van der Waals surface area (Å²) in [6.45, 7) is 7.14. The Balaban J connectivity index is 4.32. The van der Waals surface area contributed by atoms with E-state index in [4.69, 9.17) is 5.73 Å². The highest BCUT2D eigenvalue weighted by Crippen LogP contribution is 2.17. The molecule has 88 valence electrons. The summed E-state index contributed by atoms with van der Waals surface area (Å²) in [5.74, 6) is -0.829. The van der Waals surface area contributed by atoms with Gasteiger partial charge in [0.1, 0.15) is 6.04 Å². The molecule has 0 unspecified atom stereocenters. The molecule has 15 heavy (non-hydrogen) atoms. The summed E-state index contributed by atoms with van der Waals surface area (Å²) >= 11 is 0. The second-order valence-electron chi connectivity index (χ2n) is 4.60. The van der Waals surface area contributed by atoms with Crippen molar-refractivity contribution in [3.63, 3.8) is 0 Å². The van der Waals surface area contributed by atoms with E-state index < -0.39 is 18.1 Å². The maximum absolute atomic E-state index is 11.6. The Kier molecular flexibility index (Phi) is 4.74. The lowest BCUT2D eigenvalue weighted by Gasteiger charge is -2.26. The zero-order valence-electron chi connectivity index (χ0n) is 9.96. The van der Waals surface area contributed by atoms with Crippen LogP contribution in [-0.2, 0) is 14.3 Å². The maximum Gasteiger partial charge on any atom is 0.328 e. The van der Waals surface area contributed by atoms with Gasteiger partial charge in [-0.25, -0.2) is 4.79 Å². The van der Waals surface area contributed by atoms with Gasteiger partial charge in [0.05, 0.1) is 13.2 Å². The average molecular weight is 216 g/mol. The fourth-order valence-electron chi connectivity index (χ4n) is 0.932. The van der Waals surface area contributed by atoms with Crippen molar-refractivity contribution in [2.75, 3.05) is 7.11 Å². The van der Waals surface area contributed by atoms with Crippen molar-refractivity contribution >= 4 is 11.9 Å². The number of esters is 1. The molecule has 0 aliphatic heterocycles.